The van der Waals surface area contributed by atoms with Crippen molar-refractivity contribution in [1.82, 2.24) is 5.32 Å². The lowest BCUT2D eigenvalue weighted by Crippen LogP contribution is -2.41. The highest BCUT2D eigenvalue weighted by molar-refractivity contribution is 5.79. The molecular formula is C17H23F2NO3. The van der Waals surface area contributed by atoms with Crippen LogP contribution < -0.4 is 5.32 Å². The Morgan fingerprint density at radius 2 is 1.91 bits per heavy atom. The highest BCUT2D eigenvalue weighted by Crippen LogP contribution is 2.15. The number of carbonyl (C=O) groups excluding carboxylic acids is 2. The molecule has 128 valence electrons. The molecule has 1 atom stereocenters. The Kier molecular flexibility index (Phi) is 6.66. The van der Waals surface area contributed by atoms with Crippen LogP contribution in [0.25, 0.3) is 0 Å². The standard InChI is InChI=1S/C17H23F2NO3/c1-5-14(21)10-13(20-16(22)23-17(2,3)4)9-11-8-12(18)6-7-15(11)19/h6-8,13H,5,9-10H2,1-4H3,(H,20,22). The third kappa shape index (κ3) is 7.21. The van der Waals surface area contributed by atoms with Gasteiger partial charge in [0.25, 0.3) is 0 Å². The van der Waals surface area contributed by atoms with Crippen LogP contribution in [0.2, 0.25) is 0 Å². The number of alkyl carbamates (subject to hydrolysis) is 1. The van der Waals surface area contributed by atoms with Crippen molar-refractivity contribution >= 4 is 11.9 Å². The van der Waals surface area contributed by atoms with Crippen LogP contribution in [0.1, 0.15) is 46.1 Å². The maximum Gasteiger partial charge on any atom is 0.407 e. The number of amides is 1. The van der Waals surface area contributed by atoms with Crippen molar-refractivity contribution < 1.29 is 23.1 Å². The van der Waals surface area contributed by atoms with Gasteiger partial charge in [0.05, 0.1) is 0 Å². The summed E-state index contributed by atoms with van der Waals surface area (Å²) in [6.45, 7) is 6.84. The summed E-state index contributed by atoms with van der Waals surface area (Å²) < 4.78 is 32.2. The summed E-state index contributed by atoms with van der Waals surface area (Å²) in [5, 5.41) is 2.56. The average molecular weight is 327 g/mol. The van der Waals surface area contributed by atoms with Crippen molar-refractivity contribution in [3.05, 3.63) is 35.4 Å². The van der Waals surface area contributed by atoms with E-state index >= 15 is 0 Å². The number of benzene rings is 1. The summed E-state index contributed by atoms with van der Waals surface area (Å²) in [5.74, 6) is -1.23. The van der Waals surface area contributed by atoms with Crippen LogP contribution in [0.3, 0.4) is 0 Å². The van der Waals surface area contributed by atoms with Gasteiger partial charge in [0.1, 0.15) is 23.0 Å². The molecule has 0 aliphatic carbocycles. The molecule has 0 bridgehead atoms. The van der Waals surface area contributed by atoms with Gasteiger partial charge >= 0.3 is 6.09 Å². The average Bonchev–Trinajstić information content (AvgIpc) is 2.40. The second-order valence-corrected chi connectivity index (χ2v) is 6.38. The second-order valence-electron chi connectivity index (χ2n) is 6.38. The summed E-state index contributed by atoms with van der Waals surface area (Å²) in [5.41, 5.74) is -0.581. The van der Waals surface area contributed by atoms with Crippen LogP contribution in [0, 0.1) is 11.6 Å². The lowest BCUT2D eigenvalue weighted by atomic mass is 10.00. The van der Waals surface area contributed by atoms with Gasteiger partial charge in [-0.25, -0.2) is 13.6 Å². The number of nitrogens with one attached hydrogen (secondary N) is 1. The van der Waals surface area contributed by atoms with Gasteiger partial charge in [-0.2, -0.15) is 0 Å². The molecule has 1 N–H and O–H groups in total. The Balaban J connectivity index is 2.85. The fourth-order valence-electron chi connectivity index (χ4n) is 2.03. The fraction of sp³-hybridized carbons (Fsp3) is 0.529. The number of ether oxygens (including phenoxy) is 1. The van der Waals surface area contributed by atoms with E-state index in [-0.39, 0.29) is 24.2 Å². The third-order valence-corrected chi connectivity index (χ3v) is 3.06. The first kappa shape index (κ1) is 19.1. The van der Waals surface area contributed by atoms with E-state index < -0.39 is 29.4 Å². The Bertz CT molecular complexity index is 567. The molecule has 1 aromatic carbocycles. The molecule has 4 nitrogen and oxygen atoms in total. The summed E-state index contributed by atoms with van der Waals surface area (Å²) in [6.07, 6.45) is -0.346. The minimum Gasteiger partial charge on any atom is -0.444 e. The molecule has 1 aromatic rings. The molecule has 1 unspecified atom stereocenters. The zero-order valence-electron chi connectivity index (χ0n) is 13.9. The minimum absolute atomic E-state index is 0.00851. The van der Waals surface area contributed by atoms with Crippen LogP contribution in [0.15, 0.2) is 18.2 Å². The summed E-state index contributed by atoms with van der Waals surface area (Å²) in [4.78, 5) is 23.5. The van der Waals surface area contributed by atoms with Gasteiger partial charge in [-0.15, -0.1) is 0 Å². The van der Waals surface area contributed by atoms with Crippen molar-refractivity contribution in [3.8, 4) is 0 Å². The van der Waals surface area contributed by atoms with Crippen molar-refractivity contribution in [1.29, 1.82) is 0 Å². The van der Waals surface area contributed by atoms with E-state index in [9.17, 15) is 18.4 Å². The normalized spacial score (nSPS) is 12.6. The largest absolute Gasteiger partial charge is 0.444 e. The van der Waals surface area contributed by atoms with Crippen LogP contribution in [0.5, 0.6) is 0 Å². The molecule has 0 aliphatic heterocycles. The third-order valence-electron chi connectivity index (χ3n) is 3.06. The molecule has 23 heavy (non-hydrogen) atoms. The van der Waals surface area contributed by atoms with Crippen LogP contribution in [-0.4, -0.2) is 23.5 Å². The lowest BCUT2D eigenvalue weighted by Gasteiger charge is -2.23. The van der Waals surface area contributed by atoms with Crippen LogP contribution >= 0.6 is 0 Å². The number of rotatable bonds is 6. The topological polar surface area (TPSA) is 55.4 Å². The molecule has 0 spiro atoms. The van der Waals surface area contributed by atoms with E-state index in [0.29, 0.717) is 6.42 Å². The summed E-state index contributed by atoms with van der Waals surface area (Å²) >= 11 is 0. The molecule has 0 fully saturated rings. The first-order chi connectivity index (χ1) is 10.6. The smallest absolute Gasteiger partial charge is 0.407 e. The van der Waals surface area contributed by atoms with Gasteiger partial charge in [0.2, 0.25) is 0 Å². The van der Waals surface area contributed by atoms with Crippen LogP contribution in [-0.2, 0) is 16.0 Å². The molecule has 0 heterocycles. The zero-order chi connectivity index (χ0) is 17.6. The number of carbonyl (C=O) groups is 2. The van der Waals surface area contributed by atoms with Crippen LogP contribution in [0.4, 0.5) is 13.6 Å². The second kappa shape index (κ2) is 8.04. The first-order valence-corrected chi connectivity index (χ1v) is 7.56. The molecule has 0 aliphatic rings. The van der Waals surface area contributed by atoms with Gasteiger partial charge in [0.15, 0.2) is 0 Å². The molecule has 1 amide bonds. The van der Waals surface area contributed by atoms with Gasteiger partial charge in [0, 0.05) is 18.9 Å². The number of hydrogen-bond acceptors (Lipinski definition) is 3. The molecule has 0 saturated carbocycles. The van der Waals surface area contributed by atoms with E-state index in [1.807, 2.05) is 0 Å². The van der Waals surface area contributed by atoms with Crippen molar-refractivity contribution in [2.24, 2.45) is 0 Å². The fourth-order valence-corrected chi connectivity index (χ4v) is 2.03. The van der Waals surface area contributed by atoms with E-state index in [2.05, 4.69) is 5.32 Å². The highest BCUT2D eigenvalue weighted by Gasteiger charge is 2.22. The minimum atomic E-state index is -0.691. The van der Waals surface area contributed by atoms with E-state index in [0.717, 1.165) is 18.2 Å². The maximum atomic E-state index is 13.8. The summed E-state index contributed by atoms with van der Waals surface area (Å²) in [7, 11) is 0. The highest BCUT2D eigenvalue weighted by atomic mass is 19.1. The monoisotopic (exact) mass is 327 g/mol. The van der Waals surface area contributed by atoms with Gasteiger partial charge < -0.3 is 10.1 Å². The first-order valence-electron chi connectivity index (χ1n) is 7.56. The Labute approximate surface area is 135 Å². The SMILES string of the molecule is CCC(=O)CC(Cc1cc(F)ccc1F)NC(=O)OC(C)(C)C. The molecular weight excluding hydrogens is 304 g/mol. The summed E-state index contributed by atoms with van der Waals surface area (Å²) in [6, 6.07) is 2.45. The zero-order valence-corrected chi connectivity index (χ0v) is 13.9. The quantitative estimate of drug-likeness (QED) is 0.865. The molecule has 6 heteroatoms. The van der Waals surface area contributed by atoms with Gasteiger partial charge in [-0.05, 0) is 51.0 Å². The van der Waals surface area contributed by atoms with E-state index in [1.165, 1.54) is 0 Å². The van der Waals surface area contributed by atoms with Crippen molar-refractivity contribution in [3.63, 3.8) is 0 Å². The van der Waals surface area contributed by atoms with Gasteiger partial charge in [-0.3, -0.25) is 4.79 Å². The van der Waals surface area contributed by atoms with E-state index in [1.54, 1.807) is 27.7 Å². The number of ketones is 1. The molecule has 0 saturated heterocycles. The number of halogens is 2. The molecule has 0 aromatic heterocycles. The Hall–Kier alpha value is -1.98. The van der Waals surface area contributed by atoms with Crippen molar-refractivity contribution in [2.45, 2.75) is 58.6 Å². The Morgan fingerprint density at radius 3 is 2.48 bits per heavy atom. The lowest BCUT2D eigenvalue weighted by molar-refractivity contribution is -0.119. The maximum absolute atomic E-state index is 13.8. The molecule has 0 radical (unpaired) electrons. The predicted molar refractivity (Wildman–Crippen MR) is 83.1 cm³/mol. The Morgan fingerprint density at radius 1 is 1.26 bits per heavy atom. The van der Waals surface area contributed by atoms with Crippen molar-refractivity contribution in [2.75, 3.05) is 0 Å². The predicted octanol–water partition coefficient (Wildman–Crippen LogP) is 3.77. The number of hydrogen-bond donors (Lipinski definition) is 1. The van der Waals surface area contributed by atoms with E-state index in [4.69, 9.17) is 4.74 Å². The molecule has 1 rings (SSSR count). The number of Topliss-reactive ketones (excluding diaryl/α,β-unsaturated/α-hetero) is 1. The van der Waals surface area contributed by atoms with Gasteiger partial charge in [-0.1, -0.05) is 6.92 Å².